The predicted octanol–water partition coefficient (Wildman–Crippen LogP) is 2.99. The molecule has 0 aromatic heterocycles. The van der Waals surface area contributed by atoms with Crippen LogP contribution in [-0.2, 0) is 11.3 Å². The Balaban J connectivity index is 2.08. The van der Waals surface area contributed by atoms with Gasteiger partial charge in [-0.3, -0.25) is 4.79 Å². The van der Waals surface area contributed by atoms with E-state index in [0.717, 1.165) is 29.9 Å². The van der Waals surface area contributed by atoms with Gasteiger partial charge in [0.15, 0.2) is 17.5 Å². The number of ether oxygens (including phenoxy) is 2. The highest BCUT2D eigenvalue weighted by Gasteiger charge is 2.20. The van der Waals surface area contributed by atoms with E-state index in [1.54, 1.807) is 7.11 Å². The third kappa shape index (κ3) is 7.83. The van der Waals surface area contributed by atoms with Crippen molar-refractivity contribution in [3.63, 3.8) is 0 Å². The van der Waals surface area contributed by atoms with Crippen molar-refractivity contribution in [3.8, 4) is 11.5 Å². The summed E-state index contributed by atoms with van der Waals surface area (Å²) in [7, 11) is 1.66. The summed E-state index contributed by atoms with van der Waals surface area (Å²) >= 11 is 0. The average molecular weight is 405 g/mol. The van der Waals surface area contributed by atoms with Crippen LogP contribution < -0.4 is 25.4 Å². The van der Waals surface area contributed by atoms with Crippen molar-refractivity contribution >= 4 is 11.9 Å². The molecule has 1 aromatic rings. The summed E-state index contributed by atoms with van der Waals surface area (Å²) in [6.45, 7) is 9.15. The number of guanidine groups is 1. The molecule has 1 aliphatic carbocycles. The van der Waals surface area contributed by atoms with Gasteiger partial charge in [0.1, 0.15) is 0 Å². The average Bonchev–Trinajstić information content (AvgIpc) is 3.16. The Hall–Kier alpha value is -2.44. The Bertz CT molecular complexity index is 692. The van der Waals surface area contributed by atoms with Gasteiger partial charge in [-0.1, -0.05) is 12.1 Å². The Kier molecular flexibility index (Phi) is 8.61. The minimum Gasteiger partial charge on any atom is -0.493 e. The molecule has 7 heteroatoms. The Labute approximate surface area is 174 Å². The van der Waals surface area contributed by atoms with Crippen molar-refractivity contribution in [2.75, 3.05) is 20.2 Å². The second-order valence-electron chi connectivity index (χ2n) is 8.32. The van der Waals surface area contributed by atoms with Crippen LogP contribution in [0.2, 0.25) is 0 Å². The first-order chi connectivity index (χ1) is 13.8. The van der Waals surface area contributed by atoms with Gasteiger partial charge in [-0.2, -0.15) is 0 Å². The molecule has 1 saturated carbocycles. The maximum absolute atomic E-state index is 12.1. The number of hydrogen-bond acceptors (Lipinski definition) is 4. The third-order valence-corrected chi connectivity index (χ3v) is 4.55. The number of aliphatic imine (C=N–C) groups is 1. The number of carbonyl (C=O) groups excluding carboxylic acids is 1. The molecule has 0 bridgehead atoms. The zero-order valence-corrected chi connectivity index (χ0v) is 18.4. The van der Waals surface area contributed by atoms with Gasteiger partial charge in [0.05, 0.1) is 26.3 Å². The lowest BCUT2D eigenvalue weighted by molar-refractivity contribution is -0.121. The lowest BCUT2D eigenvalue weighted by Crippen LogP contribution is -2.48. The number of methoxy groups -OCH3 is 1. The molecular formula is C22H36N4O3. The Morgan fingerprint density at radius 2 is 1.93 bits per heavy atom. The monoisotopic (exact) mass is 404 g/mol. The highest BCUT2D eigenvalue weighted by Crippen LogP contribution is 2.35. The SMILES string of the molecule is CCNC(=NCc1cccc(OC)c1OC1CCCC1)NCC(=O)NC(C)(C)C. The van der Waals surface area contributed by atoms with Crippen LogP contribution in [0.1, 0.15) is 58.9 Å². The number of amides is 1. The second-order valence-corrected chi connectivity index (χ2v) is 8.32. The molecule has 2 rings (SSSR count). The largest absolute Gasteiger partial charge is 0.493 e. The van der Waals surface area contributed by atoms with Gasteiger partial charge >= 0.3 is 0 Å². The molecule has 1 aliphatic rings. The van der Waals surface area contributed by atoms with Crippen molar-refractivity contribution in [1.29, 1.82) is 0 Å². The van der Waals surface area contributed by atoms with Gasteiger partial charge in [-0.05, 0) is 59.4 Å². The molecule has 0 saturated heterocycles. The van der Waals surface area contributed by atoms with E-state index < -0.39 is 0 Å². The summed E-state index contributed by atoms with van der Waals surface area (Å²) < 4.78 is 11.8. The number of benzene rings is 1. The summed E-state index contributed by atoms with van der Waals surface area (Å²) in [6, 6.07) is 5.87. The Morgan fingerprint density at radius 3 is 2.55 bits per heavy atom. The summed E-state index contributed by atoms with van der Waals surface area (Å²) in [6.07, 6.45) is 4.81. The smallest absolute Gasteiger partial charge is 0.239 e. The van der Waals surface area contributed by atoms with Gasteiger partial charge in [0.25, 0.3) is 0 Å². The lowest BCUT2D eigenvalue weighted by atomic mass is 10.1. The molecule has 1 fully saturated rings. The van der Waals surface area contributed by atoms with E-state index in [1.165, 1.54) is 12.8 Å². The van der Waals surface area contributed by atoms with Gasteiger partial charge in [0, 0.05) is 17.6 Å². The van der Waals surface area contributed by atoms with Crippen LogP contribution in [0.5, 0.6) is 11.5 Å². The van der Waals surface area contributed by atoms with Crippen molar-refractivity contribution in [1.82, 2.24) is 16.0 Å². The predicted molar refractivity (Wildman–Crippen MR) is 117 cm³/mol. The molecule has 0 unspecified atom stereocenters. The van der Waals surface area contributed by atoms with Crippen LogP contribution in [0.4, 0.5) is 0 Å². The number of nitrogens with one attached hydrogen (secondary N) is 3. The normalized spacial score (nSPS) is 15.1. The maximum Gasteiger partial charge on any atom is 0.239 e. The molecule has 1 amide bonds. The molecule has 0 atom stereocenters. The molecular weight excluding hydrogens is 368 g/mol. The number of para-hydroxylation sites is 1. The fourth-order valence-corrected chi connectivity index (χ4v) is 3.29. The van der Waals surface area contributed by atoms with Crippen LogP contribution in [-0.4, -0.2) is 43.7 Å². The van der Waals surface area contributed by atoms with E-state index in [-0.39, 0.29) is 24.1 Å². The van der Waals surface area contributed by atoms with Crippen molar-refractivity contribution < 1.29 is 14.3 Å². The molecule has 3 N–H and O–H groups in total. The molecule has 162 valence electrons. The molecule has 0 aliphatic heterocycles. The lowest BCUT2D eigenvalue weighted by Gasteiger charge is -2.21. The first-order valence-electron chi connectivity index (χ1n) is 10.5. The highest BCUT2D eigenvalue weighted by atomic mass is 16.5. The standard InChI is InChI=1S/C22H36N4O3/c1-6-23-21(25-15-19(27)26-22(2,3)4)24-14-16-10-9-13-18(28-5)20(16)29-17-11-7-8-12-17/h9-10,13,17H,6-8,11-12,14-15H2,1-5H3,(H,26,27)(H2,23,24,25). The fourth-order valence-electron chi connectivity index (χ4n) is 3.29. The first-order valence-corrected chi connectivity index (χ1v) is 10.5. The van der Waals surface area contributed by atoms with Crippen LogP contribution in [0.3, 0.4) is 0 Å². The van der Waals surface area contributed by atoms with Crippen molar-refractivity contribution in [3.05, 3.63) is 23.8 Å². The van der Waals surface area contributed by atoms with E-state index in [9.17, 15) is 4.79 Å². The zero-order chi connectivity index (χ0) is 21.3. The van der Waals surface area contributed by atoms with Gasteiger partial charge in [-0.15, -0.1) is 0 Å². The van der Waals surface area contributed by atoms with E-state index in [4.69, 9.17) is 9.47 Å². The van der Waals surface area contributed by atoms with Crippen molar-refractivity contribution in [2.24, 2.45) is 4.99 Å². The summed E-state index contributed by atoms with van der Waals surface area (Å²) in [4.78, 5) is 16.7. The minimum atomic E-state index is -0.263. The van der Waals surface area contributed by atoms with E-state index in [2.05, 4.69) is 20.9 Å². The van der Waals surface area contributed by atoms with E-state index in [0.29, 0.717) is 19.0 Å². The Morgan fingerprint density at radius 1 is 1.21 bits per heavy atom. The summed E-state index contributed by atoms with van der Waals surface area (Å²) in [5.41, 5.74) is 0.703. The molecule has 29 heavy (non-hydrogen) atoms. The third-order valence-electron chi connectivity index (χ3n) is 4.55. The van der Waals surface area contributed by atoms with Gasteiger partial charge < -0.3 is 25.4 Å². The zero-order valence-electron chi connectivity index (χ0n) is 18.4. The molecule has 0 spiro atoms. The van der Waals surface area contributed by atoms with Crippen molar-refractivity contribution in [2.45, 2.75) is 71.6 Å². The number of hydrogen-bond donors (Lipinski definition) is 3. The highest BCUT2D eigenvalue weighted by molar-refractivity contribution is 5.86. The van der Waals surface area contributed by atoms with Gasteiger partial charge in [-0.25, -0.2) is 4.99 Å². The second kappa shape index (κ2) is 10.9. The van der Waals surface area contributed by atoms with Crippen LogP contribution in [0.15, 0.2) is 23.2 Å². The topological polar surface area (TPSA) is 84.0 Å². The minimum absolute atomic E-state index is 0.0743. The number of carbonyl (C=O) groups is 1. The van der Waals surface area contributed by atoms with Crippen LogP contribution in [0.25, 0.3) is 0 Å². The first kappa shape index (κ1) is 22.8. The van der Waals surface area contributed by atoms with Gasteiger partial charge in [0.2, 0.25) is 5.91 Å². The summed E-state index contributed by atoms with van der Waals surface area (Å²) in [5.74, 6) is 2.01. The number of rotatable bonds is 8. The molecule has 0 heterocycles. The van der Waals surface area contributed by atoms with E-state index >= 15 is 0 Å². The van der Waals surface area contributed by atoms with Crippen LogP contribution in [0, 0.1) is 0 Å². The quantitative estimate of drug-likeness (QED) is 0.458. The maximum atomic E-state index is 12.1. The van der Waals surface area contributed by atoms with Crippen LogP contribution >= 0.6 is 0 Å². The molecule has 0 radical (unpaired) electrons. The number of nitrogens with zero attached hydrogens (tertiary/aromatic N) is 1. The summed E-state index contributed by atoms with van der Waals surface area (Å²) in [5, 5.41) is 9.20. The fraction of sp³-hybridized carbons (Fsp3) is 0.636. The molecule has 1 aromatic carbocycles. The molecule has 7 nitrogen and oxygen atoms in total. The van der Waals surface area contributed by atoms with E-state index in [1.807, 2.05) is 45.9 Å².